The van der Waals surface area contributed by atoms with Crippen molar-refractivity contribution in [2.45, 2.75) is 0 Å². The van der Waals surface area contributed by atoms with Gasteiger partial charge in [-0.2, -0.15) is 0 Å². The predicted octanol–water partition coefficient (Wildman–Crippen LogP) is 3.42. The Morgan fingerprint density at radius 3 is 2.68 bits per heavy atom. The Bertz CT molecular complexity index is 613. The first-order valence-corrected chi connectivity index (χ1v) is 6.33. The average molecular weight is 322 g/mol. The van der Waals surface area contributed by atoms with Crippen LogP contribution in [0, 0.1) is 0 Å². The van der Waals surface area contributed by atoms with E-state index in [0.29, 0.717) is 17.0 Å². The van der Waals surface area contributed by atoms with Crippen LogP contribution in [0.1, 0.15) is 10.4 Å². The van der Waals surface area contributed by atoms with Gasteiger partial charge in [-0.05, 0) is 52.3 Å². The molecule has 4 nitrogen and oxygen atoms in total. The van der Waals surface area contributed by atoms with Gasteiger partial charge in [-0.3, -0.25) is 4.79 Å². The van der Waals surface area contributed by atoms with Gasteiger partial charge in [-0.25, -0.2) is 0 Å². The normalized spacial score (nSPS) is 10.0. The molecule has 0 saturated heterocycles. The van der Waals surface area contributed by atoms with E-state index in [0.717, 1.165) is 4.47 Å². The molecular formula is C14H12BrNO3. The maximum absolute atomic E-state index is 12.0. The second kappa shape index (κ2) is 5.75. The summed E-state index contributed by atoms with van der Waals surface area (Å²) in [6.45, 7) is 0. The van der Waals surface area contributed by atoms with Crippen LogP contribution in [0.2, 0.25) is 0 Å². The van der Waals surface area contributed by atoms with Crippen molar-refractivity contribution in [3.8, 4) is 11.5 Å². The molecular weight excluding hydrogens is 310 g/mol. The minimum Gasteiger partial charge on any atom is -0.508 e. The van der Waals surface area contributed by atoms with Gasteiger partial charge in [0.05, 0.1) is 11.6 Å². The molecule has 0 fully saturated rings. The number of phenols is 1. The van der Waals surface area contributed by atoms with Gasteiger partial charge in [-0.15, -0.1) is 0 Å². The minimum atomic E-state index is -0.284. The van der Waals surface area contributed by atoms with Crippen molar-refractivity contribution in [3.63, 3.8) is 0 Å². The van der Waals surface area contributed by atoms with E-state index in [4.69, 9.17) is 4.74 Å². The van der Waals surface area contributed by atoms with E-state index in [1.165, 1.54) is 12.1 Å². The third-order valence-electron chi connectivity index (χ3n) is 2.52. The Balaban J connectivity index is 2.17. The second-order valence-electron chi connectivity index (χ2n) is 3.85. The number of nitrogens with one attached hydrogen (secondary N) is 1. The van der Waals surface area contributed by atoms with Crippen LogP contribution >= 0.6 is 15.9 Å². The Morgan fingerprint density at radius 1 is 1.26 bits per heavy atom. The van der Waals surface area contributed by atoms with Crippen molar-refractivity contribution in [2.75, 3.05) is 12.4 Å². The molecule has 2 rings (SSSR count). The molecule has 0 aliphatic carbocycles. The zero-order chi connectivity index (χ0) is 13.8. The molecule has 2 N–H and O–H groups in total. The van der Waals surface area contributed by atoms with E-state index < -0.39 is 0 Å². The lowest BCUT2D eigenvalue weighted by molar-refractivity contribution is 0.102. The molecule has 0 spiro atoms. The summed E-state index contributed by atoms with van der Waals surface area (Å²) < 4.78 is 5.87. The molecule has 0 atom stereocenters. The number of aromatic hydroxyl groups is 1. The van der Waals surface area contributed by atoms with E-state index in [1.54, 1.807) is 37.4 Å². The van der Waals surface area contributed by atoms with E-state index >= 15 is 0 Å². The maximum Gasteiger partial charge on any atom is 0.255 e. The van der Waals surface area contributed by atoms with Crippen LogP contribution in [0.5, 0.6) is 11.5 Å². The average Bonchev–Trinajstić information content (AvgIpc) is 2.39. The maximum atomic E-state index is 12.0. The molecule has 2 aromatic rings. The summed E-state index contributed by atoms with van der Waals surface area (Å²) in [4.78, 5) is 12.0. The highest BCUT2D eigenvalue weighted by atomic mass is 79.9. The zero-order valence-corrected chi connectivity index (χ0v) is 11.8. The molecule has 19 heavy (non-hydrogen) atoms. The van der Waals surface area contributed by atoms with Gasteiger partial charge in [-0.1, -0.05) is 6.07 Å². The van der Waals surface area contributed by atoms with Crippen molar-refractivity contribution in [1.29, 1.82) is 0 Å². The van der Waals surface area contributed by atoms with E-state index in [2.05, 4.69) is 21.2 Å². The Morgan fingerprint density at radius 2 is 2.05 bits per heavy atom. The number of ether oxygens (including phenoxy) is 1. The van der Waals surface area contributed by atoms with Crippen LogP contribution in [0.3, 0.4) is 0 Å². The van der Waals surface area contributed by atoms with Crippen molar-refractivity contribution in [1.82, 2.24) is 0 Å². The van der Waals surface area contributed by atoms with Crippen molar-refractivity contribution in [3.05, 3.63) is 52.5 Å². The fourth-order valence-electron chi connectivity index (χ4n) is 1.59. The van der Waals surface area contributed by atoms with Gasteiger partial charge in [0.2, 0.25) is 0 Å². The van der Waals surface area contributed by atoms with Gasteiger partial charge in [0.15, 0.2) is 0 Å². The van der Waals surface area contributed by atoms with Gasteiger partial charge in [0.25, 0.3) is 5.91 Å². The molecule has 0 aliphatic rings. The summed E-state index contributed by atoms with van der Waals surface area (Å²) in [5.41, 5.74) is 1.04. The lowest BCUT2D eigenvalue weighted by atomic mass is 10.2. The van der Waals surface area contributed by atoms with Gasteiger partial charge in [0.1, 0.15) is 11.5 Å². The first-order chi connectivity index (χ1) is 9.10. The number of phenolic OH excluding ortho intramolecular Hbond substituents is 1. The zero-order valence-electron chi connectivity index (χ0n) is 10.2. The van der Waals surface area contributed by atoms with Crippen LogP contribution in [-0.2, 0) is 0 Å². The molecule has 1 amide bonds. The predicted molar refractivity (Wildman–Crippen MR) is 76.8 cm³/mol. The quantitative estimate of drug-likeness (QED) is 0.910. The summed E-state index contributed by atoms with van der Waals surface area (Å²) in [6.07, 6.45) is 0. The van der Waals surface area contributed by atoms with E-state index in [9.17, 15) is 9.90 Å². The third-order valence-corrected chi connectivity index (χ3v) is 3.14. The van der Waals surface area contributed by atoms with Crippen LogP contribution in [0.25, 0.3) is 0 Å². The third kappa shape index (κ3) is 3.26. The van der Waals surface area contributed by atoms with Crippen LogP contribution in [0.15, 0.2) is 46.9 Å². The van der Waals surface area contributed by atoms with Gasteiger partial charge < -0.3 is 15.2 Å². The van der Waals surface area contributed by atoms with E-state index in [-0.39, 0.29) is 11.7 Å². The fourth-order valence-corrected chi connectivity index (χ4v) is 2.14. The Hall–Kier alpha value is -2.01. The van der Waals surface area contributed by atoms with Crippen molar-refractivity contribution >= 4 is 27.5 Å². The number of hydrogen-bond donors (Lipinski definition) is 2. The molecule has 0 bridgehead atoms. The summed E-state index contributed by atoms with van der Waals surface area (Å²) >= 11 is 3.35. The number of benzene rings is 2. The standard InChI is InChI=1S/C14H12BrNO3/c1-19-13-6-5-10(8-12(13)15)16-14(18)9-3-2-4-11(17)7-9/h2-8,17H,1H3,(H,16,18). The number of methoxy groups -OCH3 is 1. The highest BCUT2D eigenvalue weighted by Gasteiger charge is 2.08. The fraction of sp³-hybridized carbons (Fsp3) is 0.0714. The first-order valence-electron chi connectivity index (χ1n) is 5.54. The molecule has 0 unspecified atom stereocenters. The number of anilines is 1. The summed E-state index contributed by atoms with van der Waals surface area (Å²) in [7, 11) is 1.57. The minimum absolute atomic E-state index is 0.0589. The van der Waals surface area contributed by atoms with Crippen molar-refractivity contribution in [2.24, 2.45) is 0 Å². The number of carbonyl (C=O) groups excluding carboxylic acids is 1. The number of rotatable bonds is 3. The summed E-state index contributed by atoms with van der Waals surface area (Å²) in [6, 6.07) is 11.4. The topological polar surface area (TPSA) is 58.6 Å². The Labute approximate surface area is 119 Å². The molecule has 0 heterocycles. The SMILES string of the molecule is COc1ccc(NC(=O)c2cccc(O)c2)cc1Br. The number of carbonyl (C=O) groups is 1. The largest absolute Gasteiger partial charge is 0.508 e. The van der Waals surface area contributed by atoms with Gasteiger partial charge >= 0.3 is 0 Å². The van der Waals surface area contributed by atoms with E-state index in [1.807, 2.05) is 0 Å². The second-order valence-corrected chi connectivity index (χ2v) is 4.71. The first kappa shape index (κ1) is 13.4. The number of hydrogen-bond acceptors (Lipinski definition) is 3. The molecule has 0 saturated carbocycles. The highest BCUT2D eigenvalue weighted by molar-refractivity contribution is 9.10. The molecule has 2 aromatic carbocycles. The lowest BCUT2D eigenvalue weighted by Crippen LogP contribution is -2.11. The number of halogens is 1. The summed E-state index contributed by atoms with van der Waals surface area (Å²) in [5.74, 6) is 0.465. The molecule has 0 radical (unpaired) electrons. The number of amides is 1. The molecule has 98 valence electrons. The smallest absolute Gasteiger partial charge is 0.255 e. The van der Waals surface area contributed by atoms with Crippen LogP contribution in [-0.4, -0.2) is 18.1 Å². The summed E-state index contributed by atoms with van der Waals surface area (Å²) in [5, 5.41) is 12.1. The molecule has 0 aromatic heterocycles. The highest BCUT2D eigenvalue weighted by Crippen LogP contribution is 2.28. The van der Waals surface area contributed by atoms with Crippen LogP contribution in [0.4, 0.5) is 5.69 Å². The monoisotopic (exact) mass is 321 g/mol. The molecule has 5 heteroatoms. The van der Waals surface area contributed by atoms with Crippen molar-refractivity contribution < 1.29 is 14.6 Å². The Kier molecular flexibility index (Phi) is 4.06. The van der Waals surface area contributed by atoms with Gasteiger partial charge in [0, 0.05) is 11.3 Å². The van der Waals surface area contributed by atoms with Crippen LogP contribution < -0.4 is 10.1 Å². The molecule has 0 aliphatic heterocycles. The lowest BCUT2D eigenvalue weighted by Gasteiger charge is -2.08.